The van der Waals surface area contributed by atoms with Crippen LogP contribution in [-0.2, 0) is 14.8 Å². The van der Waals surface area contributed by atoms with Gasteiger partial charge >= 0.3 is 0 Å². The summed E-state index contributed by atoms with van der Waals surface area (Å²) in [6.07, 6.45) is 0.447. The summed E-state index contributed by atoms with van der Waals surface area (Å²) in [4.78, 5) is 2.22. The number of rotatable bonds is 6. The van der Waals surface area contributed by atoms with Crippen LogP contribution >= 0.6 is 11.6 Å². The number of halogens is 1. The minimum atomic E-state index is -3.30. The van der Waals surface area contributed by atoms with Crippen LogP contribution in [0.3, 0.4) is 0 Å². The van der Waals surface area contributed by atoms with Crippen molar-refractivity contribution in [3.05, 3.63) is 24.3 Å². The fourth-order valence-electron chi connectivity index (χ4n) is 2.04. The van der Waals surface area contributed by atoms with Gasteiger partial charge in [-0.1, -0.05) is 0 Å². The molecule has 5 nitrogen and oxygen atoms in total. The molecule has 0 atom stereocenters. The minimum Gasteiger partial charge on any atom is -0.378 e. The van der Waals surface area contributed by atoms with Crippen LogP contribution in [0.25, 0.3) is 0 Å². The smallest absolute Gasteiger partial charge is 0.232 e. The number of hydrogen-bond donors (Lipinski definition) is 1. The quantitative estimate of drug-likeness (QED) is 0.814. The highest BCUT2D eigenvalue weighted by atomic mass is 35.5. The van der Waals surface area contributed by atoms with Crippen molar-refractivity contribution in [2.45, 2.75) is 6.42 Å². The van der Waals surface area contributed by atoms with E-state index in [9.17, 15) is 8.42 Å². The largest absolute Gasteiger partial charge is 0.378 e. The Kier molecular flexibility index (Phi) is 5.51. The van der Waals surface area contributed by atoms with E-state index in [1.54, 1.807) is 12.1 Å². The molecule has 1 heterocycles. The third kappa shape index (κ3) is 4.54. The number of benzene rings is 1. The molecule has 0 saturated carbocycles. The third-order valence-corrected chi connectivity index (χ3v) is 4.70. The standard InChI is InChI=1S/C13H19ClN2O3S/c14-6-1-11-20(17,18)15-12-2-4-13(5-3-12)16-7-9-19-10-8-16/h2-5,15H,1,6-11H2. The van der Waals surface area contributed by atoms with Crippen molar-refractivity contribution < 1.29 is 13.2 Å². The van der Waals surface area contributed by atoms with Crippen LogP contribution in [0.2, 0.25) is 0 Å². The Balaban J connectivity index is 1.97. The van der Waals surface area contributed by atoms with Crippen molar-refractivity contribution in [3.8, 4) is 0 Å². The van der Waals surface area contributed by atoms with Crippen LogP contribution in [-0.4, -0.2) is 46.4 Å². The zero-order valence-electron chi connectivity index (χ0n) is 11.2. The first-order valence-electron chi connectivity index (χ1n) is 6.60. The SMILES string of the molecule is O=S(=O)(CCCCl)Nc1ccc(N2CCOCC2)cc1. The van der Waals surface area contributed by atoms with Gasteiger partial charge in [0.2, 0.25) is 10.0 Å². The van der Waals surface area contributed by atoms with E-state index in [2.05, 4.69) is 9.62 Å². The van der Waals surface area contributed by atoms with Crippen LogP contribution in [0.4, 0.5) is 11.4 Å². The van der Waals surface area contributed by atoms with E-state index >= 15 is 0 Å². The van der Waals surface area contributed by atoms with E-state index in [1.165, 1.54) is 0 Å². The molecule has 1 aliphatic rings. The van der Waals surface area contributed by atoms with E-state index in [-0.39, 0.29) is 5.75 Å². The minimum absolute atomic E-state index is 0.0434. The van der Waals surface area contributed by atoms with Gasteiger partial charge in [-0.3, -0.25) is 4.72 Å². The lowest BCUT2D eigenvalue weighted by atomic mass is 10.2. The molecule has 112 valence electrons. The van der Waals surface area contributed by atoms with Gasteiger partial charge in [-0.2, -0.15) is 0 Å². The summed E-state index contributed by atoms with van der Waals surface area (Å²) < 4.78 is 31.4. The highest BCUT2D eigenvalue weighted by molar-refractivity contribution is 7.92. The normalized spacial score (nSPS) is 16.1. The second kappa shape index (κ2) is 7.15. The van der Waals surface area contributed by atoms with Crippen LogP contribution < -0.4 is 9.62 Å². The molecule has 0 bridgehead atoms. The number of alkyl halides is 1. The topological polar surface area (TPSA) is 58.6 Å². The van der Waals surface area contributed by atoms with Crippen molar-refractivity contribution in [1.29, 1.82) is 0 Å². The fraction of sp³-hybridized carbons (Fsp3) is 0.538. The van der Waals surface area contributed by atoms with Crippen LogP contribution in [0.1, 0.15) is 6.42 Å². The Labute approximate surface area is 124 Å². The number of hydrogen-bond acceptors (Lipinski definition) is 4. The first-order chi connectivity index (χ1) is 9.61. The lowest BCUT2D eigenvalue weighted by molar-refractivity contribution is 0.122. The van der Waals surface area contributed by atoms with Gasteiger partial charge in [-0.05, 0) is 30.7 Å². The number of nitrogens with one attached hydrogen (secondary N) is 1. The lowest BCUT2D eigenvalue weighted by Crippen LogP contribution is -2.36. The zero-order chi connectivity index (χ0) is 14.4. The highest BCUT2D eigenvalue weighted by Gasteiger charge is 2.12. The van der Waals surface area contributed by atoms with E-state index < -0.39 is 10.0 Å². The Hall–Kier alpha value is -0.980. The molecule has 0 unspecified atom stereocenters. The van der Waals surface area contributed by atoms with Gasteiger partial charge < -0.3 is 9.64 Å². The molecule has 1 aliphatic heterocycles. The van der Waals surface area contributed by atoms with Crippen LogP contribution in [0.15, 0.2) is 24.3 Å². The van der Waals surface area contributed by atoms with Gasteiger partial charge in [0.05, 0.1) is 19.0 Å². The molecule has 1 aromatic rings. The molecule has 1 fully saturated rings. The number of anilines is 2. The Morgan fingerprint density at radius 2 is 1.85 bits per heavy atom. The number of sulfonamides is 1. The third-order valence-electron chi connectivity index (χ3n) is 3.06. The number of morpholine rings is 1. The first kappa shape index (κ1) is 15.4. The maximum atomic E-state index is 11.7. The molecule has 2 rings (SSSR count). The van der Waals surface area contributed by atoms with Crippen molar-refractivity contribution in [2.75, 3.05) is 47.6 Å². The van der Waals surface area contributed by atoms with Crippen LogP contribution in [0, 0.1) is 0 Å². The molecular weight excluding hydrogens is 300 g/mol. The summed E-state index contributed by atoms with van der Waals surface area (Å²) in [5.41, 5.74) is 1.66. The summed E-state index contributed by atoms with van der Waals surface area (Å²) in [5, 5.41) is 0. The van der Waals surface area contributed by atoms with Crippen molar-refractivity contribution in [1.82, 2.24) is 0 Å². The molecule has 0 amide bonds. The van der Waals surface area contributed by atoms with Crippen molar-refractivity contribution in [2.24, 2.45) is 0 Å². The summed E-state index contributed by atoms with van der Waals surface area (Å²) in [6, 6.07) is 7.40. The summed E-state index contributed by atoms with van der Waals surface area (Å²) in [5.74, 6) is 0.387. The summed E-state index contributed by atoms with van der Waals surface area (Å²) in [6.45, 7) is 3.18. The van der Waals surface area contributed by atoms with Gasteiger partial charge in [0.15, 0.2) is 0 Å². The fourth-order valence-corrected chi connectivity index (χ4v) is 3.45. The van der Waals surface area contributed by atoms with Crippen molar-refractivity contribution >= 4 is 33.0 Å². The molecule has 0 aromatic heterocycles. The van der Waals surface area contributed by atoms with E-state index in [0.717, 1.165) is 32.0 Å². The zero-order valence-corrected chi connectivity index (χ0v) is 12.8. The van der Waals surface area contributed by atoms with Gasteiger partial charge in [0, 0.05) is 30.3 Å². The van der Waals surface area contributed by atoms with E-state index in [0.29, 0.717) is 18.0 Å². The number of ether oxygens (including phenoxy) is 1. The molecular formula is C13H19ClN2O3S. The Bertz CT molecular complexity index is 513. The molecule has 20 heavy (non-hydrogen) atoms. The van der Waals surface area contributed by atoms with Crippen molar-refractivity contribution in [3.63, 3.8) is 0 Å². The molecule has 0 radical (unpaired) electrons. The van der Waals surface area contributed by atoms with Gasteiger partial charge in [-0.25, -0.2) is 8.42 Å². The van der Waals surface area contributed by atoms with Gasteiger partial charge in [-0.15, -0.1) is 11.6 Å². The average molecular weight is 319 g/mol. The van der Waals surface area contributed by atoms with E-state index in [4.69, 9.17) is 16.3 Å². The van der Waals surface area contributed by atoms with Gasteiger partial charge in [0.1, 0.15) is 0 Å². The predicted molar refractivity (Wildman–Crippen MR) is 82.2 cm³/mol. The Morgan fingerprint density at radius 3 is 2.45 bits per heavy atom. The molecule has 7 heteroatoms. The van der Waals surface area contributed by atoms with E-state index in [1.807, 2.05) is 12.1 Å². The molecule has 1 saturated heterocycles. The number of nitrogens with zero attached hydrogens (tertiary/aromatic N) is 1. The van der Waals surface area contributed by atoms with Crippen LogP contribution in [0.5, 0.6) is 0 Å². The second-order valence-electron chi connectivity index (χ2n) is 4.61. The average Bonchev–Trinajstić information content (AvgIpc) is 2.46. The second-order valence-corrected chi connectivity index (χ2v) is 6.83. The molecule has 0 aliphatic carbocycles. The molecule has 0 spiro atoms. The Morgan fingerprint density at radius 1 is 1.20 bits per heavy atom. The highest BCUT2D eigenvalue weighted by Crippen LogP contribution is 2.19. The summed E-state index contributed by atoms with van der Waals surface area (Å²) in [7, 11) is -3.30. The lowest BCUT2D eigenvalue weighted by Gasteiger charge is -2.28. The molecule has 1 N–H and O–H groups in total. The maximum absolute atomic E-state index is 11.7. The first-order valence-corrected chi connectivity index (χ1v) is 8.78. The maximum Gasteiger partial charge on any atom is 0.232 e. The predicted octanol–water partition coefficient (Wildman–Crippen LogP) is 1.89. The summed E-state index contributed by atoms with van der Waals surface area (Å²) >= 11 is 5.51. The monoisotopic (exact) mass is 318 g/mol. The molecule has 1 aromatic carbocycles. The van der Waals surface area contributed by atoms with Gasteiger partial charge in [0.25, 0.3) is 0 Å².